The average Bonchev–Trinajstić information content (AvgIpc) is 3.12. The average molecular weight is 405 g/mol. The Hall–Kier alpha value is -3.51. The molecular weight excluding hydrogens is 388 g/mol. The van der Waals surface area contributed by atoms with Gasteiger partial charge in [-0.2, -0.15) is 0 Å². The third-order valence-corrected chi connectivity index (χ3v) is 4.60. The quantitative estimate of drug-likeness (QED) is 0.509. The van der Waals surface area contributed by atoms with Gasteiger partial charge in [-0.25, -0.2) is 9.97 Å². The highest BCUT2D eigenvalue weighted by molar-refractivity contribution is 6.30. The maximum atomic E-state index is 12.6. The lowest BCUT2D eigenvalue weighted by Gasteiger charge is -2.06. The highest BCUT2D eigenvalue weighted by Crippen LogP contribution is 2.37. The Morgan fingerprint density at radius 1 is 1.14 bits per heavy atom. The summed E-state index contributed by atoms with van der Waals surface area (Å²) >= 11 is 6.00. The molecule has 0 saturated heterocycles. The van der Waals surface area contributed by atoms with Gasteiger partial charge in [-0.3, -0.25) is 10.1 Å². The van der Waals surface area contributed by atoms with E-state index in [1.165, 1.54) is 6.33 Å². The third kappa shape index (κ3) is 4.33. The summed E-state index contributed by atoms with van der Waals surface area (Å²) in [4.78, 5) is 20.9. The zero-order valence-electron chi connectivity index (χ0n) is 15.6. The Morgan fingerprint density at radius 2 is 1.97 bits per heavy atom. The van der Waals surface area contributed by atoms with Crippen LogP contribution in [0.25, 0.3) is 22.5 Å². The molecule has 0 bridgehead atoms. The van der Waals surface area contributed by atoms with Crippen molar-refractivity contribution in [3.05, 3.63) is 83.3 Å². The number of amides is 1. The predicted octanol–water partition coefficient (Wildman–Crippen LogP) is 4.94. The van der Waals surface area contributed by atoms with Gasteiger partial charge in [0.05, 0.1) is 17.7 Å². The fourth-order valence-corrected chi connectivity index (χ4v) is 3.16. The second-order valence-corrected chi connectivity index (χ2v) is 6.99. The molecule has 2 aromatic carbocycles. The first-order chi connectivity index (χ1) is 14.1. The topological polar surface area (TPSA) is 80.9 Å². The van der Waals surface area contributed by atoms with E-state index in [1.54, 1.807) is 24.4 Å². The largest absolute Gasteiger partial charge is 0.337 e. The van der Waals surface area contributed by atoms with Gasteiger partial charge < -0.3 is 4.52 Å². The van der Waals surface area contributed by atoms with E-state index in [1.807, 2.05) is 43.3 Å². The van der Waals surface area contributed by atoms with E-state index in [2.05, 4.69) is 20.4 Å². The lowest BCUT2D eigenvalue weighted by Crippen LogP contribution is -2.14. The number of hydrogen-bond acceptors (Lipinski definition) is 5. The normalized spacial score (nSPS) is 10.7. The zero-order chi connectivity index (χ0) is 20.2. The Kier molecular flexibility index (Phi) is 5.35. The molecule has 0 atom stereocenters. The van der Waals surface area contributed by atoms with Crippen LogP contribution in [0.5, 0.6) is 0 Å². The molecule has 0 saturated carbocycles. The summed E-state index contributed by atoms with van der Waals surface area (Å²) in [5, 5.41) is 7.62. The van der Waals surface area contributed by atoms with E-state index in [-0.39, 0.29) is 18.2 Å². The van der Waals surface area contributed by atoms with E-state index in [9.17, 15) is 4.79 Å². The molecule has 144 valence electrons. The molecule has 7 heteroatoms. The zero-order valence-corrected chi connectivity index (χ0v) is 16.3. The number of nitrogens with zero attached hydrogens (tertiary/aromatic N) is 3. The van der Waals surface area contributed by atoms with Crippen molar-refractivity contribution in [3.8, 4) is 22.5 Å². The Bertz CT molecular complexity index is 1140. The molecule has 0 radical (unpaired) electrons. The third-order valence-electron chi connectivity index (χ3n) is 4.35. The van der Waals surface area contributed by atoms with Crippen LogP contribution in [0.4, 0.5) is 5.88 Å². The van der Waals surface area contributed by atoms with Gasteiger partial charge in [-0.05, 0) is 30.7 Å². The molecule has 4 aromatic rings. The molecule has 29 heavy (non-hydrogen) atoms. The van der Waals surface area contributed by atoms with Gasteiger partial charge in [0.1, 0.15) is 12.0 Å². The van der Waals surface area contributed by atoms with Crippen molar-refractivity contribution in [3.63, 3.8) is 0 Å². The molecule has 0 aliphatic rings. The van der Waals surface area contributed by atoms with Gasteiger partial charge in [0.2, 0.25) is 11.8 Å². The van der Waals surface area contributed by atoms with Crippen LogP contribution in [0, 0.1) is 6.92 Å². The summed E-state index contributed by atoms with van der Waals surface area (Å²) in [6.45, 7) is 1.99. The van der Waals surface area contributed by atoms with E-state index in [0.29, 0.717) is 22.0 Å². The fraction of sp³-hybridized carbons (Fsp3) is 0.0909. The number of rotatable bonds is 5. The maximum Gasteiger partial charge on any atom is 0.241 e. The summed E-state index contributed by atoms with van der Waals surface area (Å²) in [6, 6.07) is 16.8. The van der Waals surface area contributed by atoms with Crippen LogP contribution in [0.3, 0.4) is 0 Å². The van der Waals surface area contributed by atoms with Crippen molar-refractivity contribution in [2.45, 2.75) is 13.3 Å². The smallest absolute Gasteiger partial charge is 0.241 e. The molecule has 0 aliphatic carbocycles. The molecule has 4 rings (SSSR count). The summed E-state index contributed by atoms with van der Waals surface area (Å²) < 4.78 is 5.49. The molecule has 2 heterocycles. The van der Waals surface area contributed by atoms with Crippen LogP contribution in [-0.2, 0) is 11.2 Å². The molecule has 0 fully saturated rings. The Labute approximate surface area is 172 Å². The van der Waals surface area contributed by atoms with Crippen LogP contribution >= 0.6 is 11.6 Å². The van der Waals surface area contributed by atoms with Crippen molar-refractivity contribution >= 4 is 23.4 Å². The lowest BCUT2D eigenvalue weighted by molar-refractivity contribution is -0.115. The van der Waals surface area contributed by atoms with Crippen molar-refractivity contribution in [2.24, 2.45) is 0 Å². The second-order valence-electron chi connectivity index (χ2n) is 6.55. The summed E-state index contributed by atoms with van der Waals surface area (Å²) in [7, 11) is 0. The minimum Gasteiger partial charge on any atom is -0.337 e. The summed E-state index contributed by atoms with van der Waals surface area (Å²) in [5.74, 6) is 0.0380. The number of nitrogens with one attached hydrogen (secondary N) is 1. The molecule has 6 nitrogen and oxygen atoms in total. The van der Waals surface area contributed by atoms with E-state index < -0.39 is 0 Å². The van der Waals surface area contributed by atoms with Crippen LogP contribution in [0.2, 0.25) is 5.02 Å². The van der Waals surface area contributed by atoms with E-state index in [4.69, 9.17) is 16.1 Å². The van der Waals surface area contributed by atoms with Gasteiger partial charge in [-0.15, -0.1) is 0 Å². The minimum absolute atomic E-state index is 0.204. The first kappa shape index (κ1) is 18.8. The monoisotopic (exact) mass is 404 g/mol. The summed E-state index contributed by atoms with van der Waals surface area (Å²) in [5.41, 5.74) is 4.56. The van der Waals surface area contributed by atoms with E-state index in [0.717, 1.165) is 16.7 Å². The molecular formula is C22H17ClN4O2. The van der Waals surface area contributed by atoms with Crippen molar-refractivity contribution in [2.75, 3.05) is 5.32 Å². The van der Waals surface area contributed by atoms with Crippen LogP contribution < -0.4 is 5.32 Å². The predicted molar refractivity (Wildman–Crippen MR) is 111 cm³/mol. The number of aryl methyl sites for hydroxylation is 1. The van der Waals surface area contributed by atoms with E-state index >= 15 is 0 Å². The highest BCUT2D eigenvalue weighted by Gasteiger charge is 2.22. The van der Waals surface area contributed by atoms with Crippen molar-refractivity contribution in [1.29, 1.82) is 0 Å². The molecule has 0 aliphatic heterocycles. The molecule has 0 spiro atoms. The number of carbonyl (C=O) groups excluding carboxylic acids is 1. The Morgan fingerprint density at radius 3 is 2.69 bits per heavy atom. The summed E-state index contributed by atoms with van der Waals surface area (Å²) in [6.07, 6.45) is 3.29. The lowest BCUT2D eigenvalue weighted by atomic mass is 10.0. The SMILES string of the molecule is Cc1cccc(CC(=O)Nc2onc(-c3ccc(Cl)cc3)c2-c2ccncn2)c1. The van der Waals surface area contributed by atoms with Gasteiger partial charge in [0, 0.05) is 16.8 Å². The molecule has 0 unspecified atom stereocenters. The number of anilines is 1. The number of carbonyl (C=O) groups is 1. The van der Waals surface area contributed by atoms with Crippen LogP contribution in [-0.4, -0.2) is 21.0 Å². The van der Waals surface area contributed by atoms with Gasteiger partial charge in [-0.1, -0.05) is 58.7 Å². The highest BCUT2D eigenvalue weighted by atomic mass is 35.5. The van der Waals surface area contributed by atoms with Gasteiger partial charge in [0.15, 0.2) is 0 Å². The molecule has 1 amide bonds. The molecule has 2 aromatic heterocycles. The second kappa shape index (κ2) is 8.24. The number of aromatic nitrogens is 3. The van der Waals surface area contributed by atoms with Crippen molar-refractivity contribution < 1.29 is 9.32 Å². The van der Waals surface area contributed by atoms with Gasteiger partial charge >= 0.3 is 0 Å². The first-order valence-electron chi connectivity index (χ1n) is 8.97. The fourth-order valence-electron chi connectivity index (χ4n) is 3.03. The molecule has 1 N–H and O–H groups in total. The maximum absolute atomic E-state index is 12.6. The number of benzene rings is 2. The van der Waals surface area contributed by atoms with Crippen molar-refractivity contribution in [1.82, 2.24) is 15.1 Å². The number of hydrogen-bond donors (Lipinski definition) is 1. The van der Waals surface area contributed by atoms with Crippen LogP contribution in [0.1, 0.15) is 11.1 Å². The van der Waals surface area contributed by atoms with Gasteiger partial charge in [0.25, 0.3) is 0 Å². The number of halogens is 1. The minimum atomic E-state index is -0.204. The standard InChI is InChI=1S/C22H17ClN4O2/c1-14-3-2-4-15(11-14)12-19(28)26-22-20(18-9-10-24-13-25-18)21(27-29-22)16-5-7-17(23)8-6-16/h2-11,13H,12H2,1H3,(H,26,28). The van der Waals surface area contributed by atoms with Crippen LogP contribution in [0.15, 0.2) is 71.6 Å². The Balaban J connectivity index is 1.68. The first-order valence-corrected chi connectivity index (χ1v) is 9.35.